The molecule has 0 amide bonds. The molecule has 0 heterocycles. The Hall–Kier alpha value is -0.229. The van der Waals surface area contributed by atoms with Crippen molar-refractivity contribution in [2.75, 3.05) is 19.1 Å². The maximum atomic E-state index is 10.4. The number of nitrogens with one attached hydrogen (secondary N) is 1. The second kappa shape index (κ2) is 25.9. The zero-order chi connectivity index (χ0) is 36.7. The molecule has 0 aliphatic rings. The first kappa shape index (κ1) is 55.2. The molecule has 0 aliphatic carbocycles. The summed E-state index contributed by atoms with van der Waals surface area (Å²) in [7, 11) is 3.82. The summed E-state index contributed by atoms with van der Waals surface area (Å²) in [6.07, 6.45) is 1.41. The summed E-state index contributed by atoms with van der Waals surface area (Å²) in [4.78, 5) is 0. The molecule has 1 rings (SSSR count). The molecular formula is C10H26As6F6N2O19. The Balaban J connectivity index is -0.0000000985. The van der Waals surface area contributed by atoms with Crippen molar-refractivity contribution in [3.05, 3.63) is 37.1 Å². The van der Waals surface area contributed by atoms with Gasteiger partial charge in [0.25, 0.3) is 0 Å². The van der Waals surface area contributed by atoms with Crippen LogP contribution in [0, 0.1) is 0 Å². The molecule has 262 valence electrons. The van der Waals surface area contributed by atoms with E-state index >= 15 is 0 Å². The van der Waals surface area contributed by atoms with Crippen molar-refractivity contribution in [1.29, 1.82) is 0 Å². The topological polar surface area (TPSA) is 370 Å². The second-order valence-corrected chi connectivity index (χ2v) is 17.3. The zero-order valence-electron chi connectivity index (χ0n) is 20.7. The molecule has 0 aromatic heterocycles. The van der Waals surface area contributed by atoms with E-state index < -0.39 is 87.9 Å². The number of halogens is 6. The minimum atomic E-state index is -5.62. The average molecular weight is 1040 g/mol. The molecule has 0 unspecified atom stereocenters. The number of benzene rings is 1. The summed E-state index contributed by atoms with van der Waals surface area (Å²) in [5.74, 6) is 0.795. The Morgan fingerprint density at radius 2 is 0.791 bits per heavy atom. The van der Waals surface area contributed by atoms with E-state index in [2.05, 4.69) is 12.0 Å². The number of anilines is 1. The summed E-state index contributed by atoms with van der Waals surface area (Å²) in [5.41, 5.74) is 4.09. The molecule has 0 bridgehead atoms. The Morgan fingerprint density at radius 1 is 0.605 bits per heavy atom. The first-order valence-corrected chi connectivity index (χ1v) is 27.5. The molecule has 21 nitrogen and oxygen atoms in total. The summed E-state index contributed by atoms with van der Waals surface area (Å²) in [5, 5.41) is 1.91. The molecular weight excluding hydrogens is 1020 g/mol. The second-order valence-electron chi connectivity index (χ2n) is 5.40. The van der Waals surface area contributed by atoms with Crippen molar-refractivity contribution in [2.24, 2.45) is 0 Å². The fourth-order valence-corrected chi connectivity index (χ4v) is 0.974. The third-order valence-corrected chi connectivity index (χ3v) is 1.78. The number of hydrazine groups is 1. The van der Waals surface area contributed by atoms with Gasteiger partial charge in [-0.2, -0.15) is 0 Å². The van der Waals surface area contributed by atoms with Gasteiger partial charge in [-0.1, -0.05) is 6.58 Å². The summed E-state index contributed by atoms with van der Waals surface area (Å²) >= 11 is -33.8. The van der Waals surface area contributed by atoms with E-state index in [0.717, 1.165) is 11.4 Å². The third kappa shape index (κ3) is 188. The normalized spacial score (nSPS) is 11.1. The Labute approximate surface area is 256 Å². The fourth-order valence-electron chi connectivity index (χ4n) is 0.974. The van der Waals surface area contributed by atoms with Crippen LogP contribution in [0.3, 0.4) is 0 Å². The average Bonchev–Trinajstić information content (AvgIpc) is 2.60. The molecule has 43 heavy (non-hydrogen) atoms. The van der Waals surface area contributed by atoms with Crippen LogP contribution in [0.25, 0.3) is 0 Å². The number of hydrogen-bond acceptors (Lipinski definition) is 9. The number of ether oxygens (including phenoxy) is 1. The van der Waals surface area contributed by atoms with E-state index in [-0.39, 0.29) is 0 Å². The monoisotopic (exact) mass is 1040 g/mol. The standard InChI is InChI=1S/C10H14N2O.6AsFH2O3/c1-4-13-10-7-5-9(6-8-10)12(3)11-2;6*2-1(3,4)5/h4-8,11H,1H2,2-3H3;6*(H2,3,4,5). The van der Waals surface area contributed by atoms with Crippen LogP contribution in [-0.4, -0.2) is 151 Å². The van der Waals surface area contributed by atoms with Gasteiger partial charge >= 0.3 is 180 Å². The van der Waals surface area contributed by atoms with Crippen LogP contribution < -0.4 is 15.2 Å². The van der Waals surface area contributed by atoms with Gasteiger partial charge in [0.05, 0.1) is 11.9 Å². The van der Waals surface area contributed by atoms with Gasteiger partial charge in [-0.3, -0.25) is 0 Å². The van der Waals surface area contributed by atoms with E-state index in [0.29, 0.717) is 0 Å². The zero-order valence-corrected chi connectivity index (χ0v) is 32.0. The van der Waals surface area contributed by atoms with Crippen LogP contribution >= 0.6 is 0 Å². The SMILES string of the molecule is C=COc1ccc(N(C)NC)cc1.O=[As](O)(O)F.O=[As](O)(O)F.O=[As](O)(O)F.O=[As](O)(O)F.O=[As](O)(O)F.O=[As](O)(O)F. The van der Waals surface area contributed by atoms with Crippen LogP contribution in [0.1, 0.15) is 0 Å². The van der Waals surface area contributed by atoms with Gasteiger partial charge in [0.2, 0.25) is 0 Å². The number of nitrogens with zero attached hydrogens (tertiary/aromatic N) is 1. The number of hydrogen-bond donors (Lipinski definition) is 13. The summed E-state index contributed by atoms with van der Waals surface area (Å²) < 4.78 is 204. The van der Waals surface area contributed by atoms with E-state index in [4.69, 9.17) is 76.3 Å². The predicted octanol–water partition coefficient (Wildman–Crippen LogP) is -5.38. The van der Waals surface area contributed by atoms with Gasteiger partial charge in [-0.25, -0.2) is 5.43 Å². The van der Waals surface area contributed by atoms with Gasteiger partial charge in [0.1, 0.15) is 5.75 Å². The molecule has 0 saturated carbocycles. The minimum absolute atomic E-state index is 0.795. The van der Waals surface area contributed by atoms with Crippen molar-refractivity contribution >= 4 is 93.5 Å². The van der Waals surface area contributed by atoms with Crippen molar-refractivity contribution in [3.8, 4) is 5.75 Å². The Bertz CT molecular complexity index is 939. The van der Waals surface area contributed by atoms with Crippen molar-refractivity contribution in [3.63, 3.8) is 0 Å². The van der Waals surface area contributed by atoms with E-state index in [1.54, 1.807) is 0 Å². The number of rotatable bonds is 4. The van der Waals surface area contributed by atoms with Crippen LogP contribution in [-0.2, 0) is 22.4 Å². The van der Waals surface area contributed by atoms with Crippen molar-refractivity contribution < 1.29 is 97.1 Å². The Kier molecular flexibility index (Phi) is 33.3. The van der Waals surface area contributed by atoms with Crippen LogP contribution in [0.4, 0.5) is 26.5 Å². The molecule has 0 radical (unpaired) electrons. The molecule has 1 aromatic rings. The molecule has 0 saturated heterocycles. The molecule has 33 heteroatoms. The molecule has 1 aromatic carbocycles. The quantitative estimate of drug-likeness (QED) is 0.0579. The van der Waals surface area contributed by atoms with E-state index in [1.807, 2.05) is 43.4 Å². The van der Waals surface area contributed by atoms with Gasteiger partial charge < -0.3 is 9.75 Å². The van der Waals surface area contributed by atoms with Gasteiger partial charge in [-0.05, 0) is 24.3 Å². The first-order valence-electron chi connectivity index (χ1n) is 8.57. The fraction of sp³-hybridized carbons (Fsp3) is 0.200. The van der Waals surface area contributed by atoms with Crippen molar-refractivity contribution in [1.82, 2.24) is 5.43 Å². The van der Waals surface area contributed by atoms with Gasteiger partial charge in [0.15, 0.2) is 0 Å². The molecule has 13 N–H and O–H groups in total. The molecule has 0 spiro atoms. The van der Waals surface area contributed by atoms with Crippen LogP contribution in [0.15, 0.2) is 37.1 Å². The molecule has 0 fully saturated rings. The summed E-state index contributed by atoms with van der Waals surface area (Å²) in [6, 6.07) is 7.72. The molecule has 0 aliphatic heterocycles. The summed E-state index contributed by atoms with van der Waals surface area (Å²) in [6.45, 7) is 3.48. The van der Waals surface area contributed by atoms with Gasteiger partial charge in [-0.15, -0.1) is 0 Å². The van der Waals surface area contributed by atoms with Crippen LogP contribution in [0.5, 0.6) is 5.75 Å². The van der Waals surface area contributed by atoms with Gasteiger partial charge in [0, 0.05) is 14.1 Å². The predicted molar refractivity (Wildman–Crippen MR) is 127 cm³/mol. The maximum absolute atomic E-state index is 10.4. The molecule has 0 atom stereocenters. The first-order chi connectivity index (χ1) is 18.3. The van der Waals surface area contributed by atoms with E-state index in [9.17, 15) is 20.8 Å². The Morgan fingerprint density at radius 3 is 0.930 bits per heavy atom. The van der Waals surface area contributed by atoms with E-state index in [1.165, 1.54) is 6.26 Å². The third-order valence-electron chi connectivity index (χ3n) is 1.78. The van der Waals surface area contributed by atoms with Crippen LogP contribution in [0.2, 0.25) is 0 Å². The van der Waals surface area contributed by atoms with Crippen molar-refractivity contribution in [2.45, 2.75) is 0 Å².